The number of alkyl halides is 3. The lowest BCUT2D eigenvalue weighted by molar-refractivity contribution is -0.137. The Balaban J connectivity index is 1.83. The Morgan fingerprint density at radius 3 is 2.46 bits per heavy atom. The summed E-state index contributed by atoms with van der Waals surface area (Å²) in [5, 5.41) is 11.9. The van der Waals surface area contributed by atoms with Crippen LogP contribution in [0, 0.1) is 11.7 Å². The van der Waals surface area contributed by atoms with Crippen LogP contribution in [0.3, 0.4) is 0 Å². The lowest BCUT2D eigenvalue weighted by atomic mass is 10.1. The summed E-state index contributed by atoms with van der Waals surface area (Å²) in [6.07, 6.45) is -3.26. The summed E-state index contributed by atoms with van der Waals surface area (Å²) < 4.78 is 57.0. The SMILES string of the molecule is O=C(O)c1cccc(COc2ccc(C(F)(F)F)cc2F)c1NC(=O)C1CC1. The number of carboxylic acids is 1. The van der Waals surface area contributed by atoms with Crippen LogP contribution in [-0.2, 0) is 17.6 Å². The Bertz CT molecular complexity index is 923. The summed E-state index contributed by atoms with van der Waals surface area (Å²) in [4.78, 5) is 23.5. The van der Waals surface area contributed by atoms with Gasteiger partial charge in [0.2, 0.25) is 5.91 Å². The second-order valence-electron chi connectivity index (χ2n) is 6.34. The third kappa shape index (κ3) is 4.41. The zero-order valence-electron chi connectivity index (χ0n) is 14.3. The molecule has 0 atom stereocenters. The maximum atomic E-state index is 13.9. The van der Waals surface area contributed by atoms with Crippen LogP contribution in [0.5, 0.6) is 5.75 Å². The molecule has 0 aromatic heterocycles. The van der Waals surface area contributed by atoms with Crippen molar-refractivity contribution in [2.45, 2.75) is 25.6 Å². The van der Waals surface area contributed by atoms with E-state index in [-0.39, 0.29) is 35.2 Å². The van der Waals surface area contributed by atoms with Crippen LogP contribution < -0.4 is 10.1 Å². The molecule has 1 saturated carbocycles. The van der Waals surface area contributed by atoms with Gasteiger partial charge >= 0.3 is 12.1 Å². The van der Waals surface area contributed by atoms with E-state index in [0.29, 0.717) is 25.0 Å². The minimum atomic E-state index is -4.69. The Kier molecular flexibility index (Phi) is 5.26. The molecule has 0 bridgehead atoms. The standard InChI is InChI=1S/C19H15F4NO4/c20-14-8-12(19(21,22)23)6-7-15(14)28-9-11-2-1-3-13(18(26)27)16(11)24-17(25)10-4-5-10/h1-3,6-8,10H,4-5,9H2,(H,24,25)(H,26,27). The smallest absolute Gasteiger partial charge is 0.416 e. The second-order valence-corrected chi connectivity index (χ2v) is 6.34. The highest BCUT2D eigenvalue weighted by Gasteiger charge is 2.32. The molecule has 0 saturated heterocycles. The van der Waals surface area contributed by atoms with E-state index in [1.165, 1.54) is 18.2 Å². The van der Waals surface area contributed by atoms with E-state index in [1.54, 1.807) is 0 Å². The first-order valence-electron chi connectivity index (χ1n) is 8.32. The largest absolute Gasteiger partial charge is 0.486 e. The number of hydrogen-bond acceptors (Lipinski definition) is 3. The molecule has 0 radical (unpaired) electrons. The van der Waals surface area contributed by atoms with Crippen molar-refractivity contribution in [1.82, 2.24) is 0 Å². The van der Waals surface area contributed by atoms with Gasteiger partial charge in [-0.2, -0.15) is 13.2 Å². The van der Waals surface area contributed by atoms with E-state index >= 15 is 0 Å². The number of carboxylic acid groups (broad SMARTS) is 1. The van der Waals surface area contributed by atoms with E-state index in [9.17, 15) is 32.3 Å². The van der Waals surface area contributed by atoms with Gasteiger partial charge in [-0.15, -0.1) is 0 Å². The molecular weight excluding hydrogens is 382 g/mol. The molecule has 1 amide bonds. The number of aromatic carboxylic acids is 1. The minimum absolute atomic E-state index is 0.0271. The molecule has 0 aliphatic heterocycles. The average molecular weight is 397 g/mol. The van der Waals surface area contributed by atoms with Crippen molar-refractivity contribution in [2.75, 3.05) is 5.32 Å². The van der Waals surface area contributed by atoms with E-state index in [1.807, 2.05) is 0 Å². The van der Waals surface area contributed by atoms with Crippen molar-refractivity contribution in [3.63, 3.8) is 0 Å². The number of halogens is 4. The Labute approximate surface area is 156 Å². The van der Waals surface area contributed by atoms with Gasteiger partial charge in [0, 0.05) is 11.5 Å². The number of nitrogens with one attached hydrogen (secondary N) is 1. The topological polar surface area (TPSA) is 75.6 Å². The number of ether oxygens (including phenoxy) is 1. The highest BCUT2D eigenvalue weighted by molar-refractivity contribution is 6.02. The minimum Gasteiger partial charge on any atom is -0.486 e. The highest BCUT2D eigenvalue weighted by Crippen LogP contribution is 2.34. The van der Waals surface area contributed by atoms with Crippen LogP contribution >= 0.6 is 0 Å². The normalized spacial score (nSPS) is 13.9. The maximum absolute atomic E-state index is 13.9. The van der Waals surface area contributed by atoms with Gasteiger partial charge in [0.05, 0.1) is 16.8 Å². The monoisotopic (exact) mass is 397 g/mol. The van der Waals surface area contributed by atoms with E-state index < -0.39 is 29.3 Å². The predicted octanol–water partition coefficient (Wildman–Crippen LogP) is 4.47. The number of benzene rings is 2. The van der Waals surface area contributed by atoms with E-state index in [4.69, 9.17) is 4.74 Å². The molecule has 0 spiro atoms. The first kappa shape index (κ1) is 19.7. The molecule has 1 aliphatic carbocycles. The lowest BCUT2D eigenvalue weighted by Gasteiger charge is -2.15. The first-order valence-corrected chi connectivity index (χ1v) is 8.32. The fourth-order valence-electron chi connectivity index (χ4n) is 2.57. The van der Waals surface area contributed by atoms with Crippen molar-refractivity contribution in [1.29, 1.82) is 0 Å². The van der Waals surface area contributed by atoms with Crippen LogP contribution in [0.4, 0.5) is 23.2 Å². The summed E-state index contributed by atoms with van der Waals surface area (Å²) in [5.74, 6) is -3.40. The van der Waals surface area contributed by atoms with Crippen LogP contribution in [0.25, 0.3) is 0 Å². The number of carbonyl (C=O) groups excluding carboxylic acids is 1. The number of carbonyl (C=O) groups is 2. The van der Waals surface area contributed by atoms with Crippen LogP contribution in [-0.4, -0.2) is 17.0 Å². The Morgan fingerprint density at radius 1 is 1.18 bits per heavy atom. The van der Waals surface area contributed by atoms with Gasteiger partial charge in [0.1, 0.15) is 6.61 Å². The van der Waals surface area contributed by atoms with Gasteiger partial charge in [0.25, 0.3) is 0 Å². The maximum Gasteiger partial charge on any atom is 0.416 e. The van der Waals surface area contributed by atoms with Crippen LogP contribution in [0.2, 0.25) is 0 Å². The number of rotatable bonds is 6. The Morgan fingerprint density at radius 2 is 1.89 bits per heavy atom. The third-order valence-corrected chi connectivity index (χ3v) is 4.22. The number of amides is 1. The molecule has 5 nitrogen and oxygen atoms in total. The van der Waals surface area contributed by atoms with Gasteiger partial charge in [-0.1, -0.05) is 12.1 Å². The molecule has 28 heavy (non-hydrogen) atoms. The number of anilines is 1. The second kappa shape index (κ2) is 7.49. The molecule has 9 heteroatoms. The van der Waals surface area contributed by atoms with Crippen molar-refractivity contribution in [3.8, 4) is 5.75 Å². The molecule has 0 heterocycles. The first-order chi connectivity index (χ1) is 13.2. The van der Waals surface area contributed by atoms with Crippen LogP contribution in [0.15, 0.2) is 36.4 Å². The molecular formula is C19H15F4NO4. The number of para-hydroxylation sites is 1. The fourth-order valence-corrected chi connectivity index (χ4v) is 2.57. The van der Waals surface area contributed by atoms with Crippen molar-refractivity contribution in [3.05, 3.63) is 58.9 Å². The molecule has 2 aromatic carbocycles. The summed E-state index contributed by atoms with van der Waals surface area (Å²) >= 11 is 0. The van der Waals surface area contributed by atoms with Gasteiger partial charge in [-0.05, 0) is 37.1 Å². The van der Waals surface area contributed by atoms with E-state index in [2.05, 4.69) is 5.32 Å². The fraction of sp³-hybridized carbons (Fsp3) is 0.263. The van der Waals surface area contributed by atoms with Crippen molar-refractivity contribution >= 4 is 17.6 Å². The number of hydrogen-bond donors (Lipinski definition) is 2. The van der Waals surface area contributed by atoms with Gasteiger partial charge in [-0.25, -0.2) is 9.18 Å². The molecule has 1 aliphatic rings. The van der Waals surface area contributed by atoms with E-state index in [0.717, 1.165) is 6.07 Å². The van der Waals surface area contributed by atoms with Crippen molar-refractivity contribution < 1.29 is 37.0 Å². The summed E-state index contributed by atoms with van der Waals surface area (Å²) in [5.41, 5.74) is -1.03. The van der Waals surface area contributed by atoms with Gasteiger partial charge in [0.15, 0.2) is 11.6 Å². The molecule has 2 N–H and O–H groups in total. The predicted molar refractivity (Wildman–Crippen MR) is 90.5 cm³/mol. The van der Waals surface area contributed by atoms with Crippen molar-refractivity contribution in [2.24, 2.45) is 5.92 Å². The summed E-state index contributed by atoms with van der Waals surface area (Å²) in [7, 11) is 0. The third-order valence-electron chi connectivity index (χ3n) is 4.22. The zero-order valence-corrected chi connectivity index (χ0v) is 14.3. The highest BCUT2D eigenvalue weighted by atomic mass is 19.4. The molecule has 1 fully saturated rings. The lowest BCUT2D eigenvalue weighted by Crippen LogP contribution is -2.18. The Hall–Kier alpha value is -3.10. The average Bonchev–Trinajstić information content (AvgIpc) is 3.45. The summed E-state index contributed by atoms with van der Waals surface area (Å²) in [6, 6.07) is 6.06. The quantitative estimate of drug-likeness (QED) is 0.706. The molecule has 148 valence electrons. The molecule has 2 aromatic rings. The summed E-state index contributed by atoms with van der Waals surface area (Å²) in [6.45, 7) is -0.344. The zero-order chi connectivity index (χ0) is 20.5. The molecule has 0 unspecified atom stereocenters. The van der Waals surface area contributed by atoms with Gasteiger partial charge < -0.3 is 15.2 Å². The van der Waals surface area contributed by atoms with Crippen LogP contribution in [0.1, 0.15) is 34.3 Å². The van der Waals surface area contributed by atoms with Gasteiger partial charge in [-0.3, -0.25) is 4.79 Å². The molecule has 3 rings (SSSR count).